The molecule has 0 radical (unpaired) electrons. The van der Waals surface area contributed by atoms with Crippen molar-refractivity contribution in [2.45, 2.75) is 62.6 Å². The van der Waals surface area contributed by atoms with Crippen molar-refractivity contribution in [3.63, 3.8) is 0 Å². The summed E-state index contributed by atoms with van der Waals surface area (Å²) in [5, 5.41) is 16.7. The molecule has 2 aliphatic rings. The number of nitrogens with zero attached hydrogens (tertiary/aromatic N) is 2. The van der Waals surface area contributed by atoms with E-state index in [9.17, 15) is 19.9 Å². The summed E-state index contributed by atoms with van der Waals surface area (Å²) in [4.78, 5) is 35.1. The summed E-state index contributed by atoms with van der Waals surface area (Å²) >= 11 is 1.45. The van der Waals surface area contributed by atoms with Gasteiger partial charge in [0, 0.05) is 23.4 Å². The van der Waals surface area contributed by atoms with Gasteiger partial charge in [0.1, 0.15) is 5.78 Å². The van der Waals surface area contributed by atoms with E-state index in [-0.39, 0.29) is 11.1 Å². The molecule has 1 unspecified atom stereocenters. The van der Waals surface area contributed by atoms with Crippen LogP contribution in [0.15, 0.2) is 47.8 Å². The highest BCUT2D eigenvalue weighted by Crippen LogP contribution is 2.53. The lowest BCUT2D eigenvalue weighted by atomic mass is 9.59. The van der Waals surface area contributed by atoms with Gasteiger partial charge >= 0.3 is 0 Å². The maximum Gasteiger partial charge on any atom is 0.269 e. The maximum absolute atomic E-state index is 10.9. The van der Waals surface area contributed by atoms with Crippen molar-refractivity contribution in [3.05, 3.63) is 85.9 Å². The number of non-ortho nitro benzene ring substituents is 1. The number of aromatic nitrogens is 1. The molecule has 7 nitrogen and oxygen atoms in total. The largest absolute Gasteiger partial charge is 0.348 e. The summed E-state index contributed by atoms with van der Waals surface area (Å²) in [6.45, 7) is 2.34. The summed E-state index contributed by atoms with van der Waals surface area (Å²) in [6, 6.07) is 12.9. The zero-order valence-electron chi connectivity index (χ0n) is 19.0. The third-order valence-corrected chi connectivity index (χ3v) is 8.97. The molecule has 3 N–H and O–H groups in total. The van der Waals surface area contributed by atoms with Gasteiger partial charge in [0.15, 0.2) is 13.5 Å². The summed E-state index contributed by atoms with van der Waals surface area (Å²) in [5.74, 6) is -0.382. The molecule has 1 aromatic heterocycles. The van der Waals surface area contributed by atoms with Gasteiger partial charge in [-0.15, -0.1) is 11.3 Å². The average molecular weight is 498 g/mol. The Kier molecular flexibility index (Phi) is 6.42. The normalized spacial score (nSPS) is 22.6. The first-order valence-corrected chi connectivity index (χ1v) is 13.8. The van der Waals surface area contributed by atoms with Crippen molar-refractivity contribution in [2.24, 2.45) is 0 Å². The van der Waals surface area contributed by atoms with Gasteiger partial charge in [-0.05, 0) is 78.3 Å². The van der Waals surface area contributed by atoms with Crippen LogP contribution in [0, 0.1) is 10.1 Å². The molecule has 0 spiro atoms. The minimum absolute atomic E-state index is 0.0359. The van der Waals surface area contributed by atoms with Crippen molar-refractivity contribution in [3.8, 4) is 0 Å². The van der Waals surface area contributed by atoms with Gasteiger partial charge in [-0.2, -0.15) is 0 Å². The molecule has 9 heteroatoms. The Morgan fingerprint density at radius 3 is 2.53 bits per heavy atom. The second-order valence-electron chi connectivity index (χ2n) is 9.65. The van der Waals surface area contributed by atoms with Crippen LogP contribution < -0.4 is 5.32 Å². The Hall–Kier alpha value is -2.38. The van der Waals surface area contributed by atoms with Crippen molar-refractivity contribution in [2.75, 3.05) is 5.32 Å². The molecule has 1 heterocycles. The van der Waals surface area contributed by atoms with Crippen molar-refractivity contribution in [1.82, 2.24) is 4.98 Å². The van der Waals surface area contributed by atoms with Crippen molar-refractivity contribution >= 4 is 30.5 Å². The highest BCUT2D eigenvalue weighted by molar-refractivity contribution is 7.45. The molecule has 3 aromatic rings. The van der Waals surface area contributed by atoms with Gasteiger partial charge in [-0.25, -0.2) is 4.98 Å². The lowest BCUT2D eigenvalue weighted by molar-refractivity contribution is -0.384. The van der Waals surface area contributed by atoms with Crippen LogP contribution in [0.25, 0.3) is 0 Å². The van der Waals surface area contributed by atoms with Gasteiger partial charge in [0.25, 0.3) is 5.69 Å². The van der Waals surface area contributed by atoms with Crippen LogP contribution in [0.5, 0.6) is 0 Å². The lowest BCUT2D eigenvalue weighted by Crippen LogP contribution is -2.37. The predicted molar refractivity (Wildman–Crippen MR) is 135 cm³/mol. The van der Waals surface area contributed by atoms with E-state index in [0.717, 1.165) is 18.5 Å². The molecule has 34 heavy (non-hydrogen) atoms. The summed E-state index contributed by atoms with van der Waals surface area (Å²) in [7, 11) is -2.35. The average Bonchev–Trinajstić information content (AvgIpc) is 3.28. The van der Waals surface area contributed by atoms with Crippen LogP contribution in [-0.2, 0) is 18.3 Å². The fraction of sp³-hybridized carbons (Fsp3) is 0.400. The molecule has 1 saturated carbocycles. The number of nitrogens with one attached hydrogen (secondary N) is 1. The molecule has 178 valence electrons. The molecular formula is C25H28N3O4PS. The second-order valence-corrected chi connectivity index (χ2v) is 11.7. The van der Waals surface area contributed by atoms with E-state index in [1.807, 2.05) is 5.38 Å². The second kappa shape index (κ2) is 9.34. The Labute approximate surface area is 204 Å². The van der Waals surface area contributed by atoms with E-state index in [1.54, 1.807) is 12.1 Å². The van der Waals surface area contributed by atoms with E-state index in [1.165, 1.54) is 65.8 Å². The Morgan fingerprint density at radius 1 is 1.15 bits per heavy atom. The molecule has 0 aliphatic heterocycles. The third-order valence-electron chi connectivity index (χ3n) is 7.29. The van der Waals surface area contributed by atoms with Crippen LogP contribution in [0.2, 0.25) is 0 Å². The predicted octanol–water partition coefficient (Wildman–Crippen LogP) is 6.17. The summed E-state index contributed by atoms with van der Waals surface area (Å²) < 4.78 is 0. The number of nitro groups is 1. The Morgan fingerprint density at radius 2 is 1.85 bits per heavy atom. The molecule has 2 aromatic carbocycles. The van der Waals surface area contributed by atoms with Crippen LogP contribution in [-0.4, -0.2) is 19.7 Å². The number of fused-ring (bicyclic) bond motifs is 1. The first kappa shape index (κ1) is 23.4. The molecule has 0 saturated heterocycles. The number of anilines is 1. The third kappa shape index (κ3) is 4.60. The number of thiazole rings is 1. The molecule has 1 atom stereocenters. The number of aryl methyl sites for hydroxylation is 2. The van der Waals surface area contributed by atoms with Crippen LogP contribution in [0.1, 0.15) is 72.3 Å². The number of nitro benzene ring substituents is 1. The molecule has 2 aliphatic carbocycles. The van der Waals surface area contributed by atoms with Gasteiger partial charge in [-0.3, -0.25) is 10.1 Å². The Balaban J connectivity index is 1.25. The minimum atomic E-state index is -2.35. The zero-order valence-corrected chi connectivity index (χ0v) is 20.7. The van der Waals surface area contributed by atoms with Crippen LogP contribution >= 0.6 is 19.7 Å². The summed E-state index contributed by atoms with van der Waals surface area (Å²) in [6.07, 6.45) is 7.08. The number of benzene rings is 2. The number of hydrogen-bond donors (Lipinski definition) is 3. The minimum Gasteiger partial charge on any atom is -0.348 e. The smallest absolute Gasteiger partial charge is 0.269 e. The van der Waals surface area contributed by atoms with E-state index < -0.39 is 19.1 Å². The van der Waals surface area contributed by atoms with Crippen molar-refractivity contribution in [1.29, 1.82) is 0 Å². The number of rotatable bonds is 7. The maximum atomic E-state index is 10.9. The molecule has 0 amide bonds. The summed E-state index contributed by atoms with van der Waals surface area (Å²) in [5.41, 5.74) is 6.21. The van der Waals surface area contributed by atoms with Crippen LogP contribution in [0.4, 0.5) is 10.8 Å². The topological polar surface area (TPSA) is 109 Å². The highest BCUT2D eigenvalue weighted by atomic mass is 32.1. The van der Waals surface area contributed by atoms with E-state index >= 15 is 0 Å². The fourth-order valence-corrected chi connectivity index (χ4v) is 6.88. The standard InChI is InChI=1S/C25H28N3O4PS/c1-25(20-9-6-16-4-2-3-5-18(16)12-20)13-19(14-25)22-15-34-24(26-22)27-23(33(31)32)17-7-10-21(11-8-17)28(29)30/h6-12,15,19,23,31-32H,2-5,13-14H2,1H3,(H,26,27). The molecule has 5 rings (SSSR count). The van der Waals surface area contributed by atoms with E-state index in [4.69, 9.17) is 4.98 Å². The molecule has 0 bridgehead atoms. The van der Waals surface area contributed by atoms with Gasteiger partial charge in [-0.1, -0.05) is 25.1 Å². The SMILES string of the molecule is CC1(c2ccc3c(c2)CCCC3)CC(c2csc(NC(c3ccc([N+](=O)[O-])cc3)P(O)O)n2)C1. The van der Waals surface area contributed by atoms with Gasteiger partial charge < -0.3 is 15.1 Å². The van der Waals surface area contributed by atoms with E-state index in [0.29, 0.717) is 16.6 Å². The first-order chi connectivity index (χ1) is 16.3. The fourth-order valence-electron chi connectivity index (χ4n) is 5.29. The van der Waals surface area contributed by atoms with Gasteiger partial charge in [0.05, 0.1) is 10.6 Å². The van der Waals surface area contributed by atoms with Crippen LogP contribution in [0.3, 0.4) is 0 Å². The highest BCUT2D eigenvalue weighted by Gasteiger charge is 2.43. The lowest BCUT2D eigenvalue weighted by Gasteiger charge is -2.45. The number of hydrogen-bond acceptors (Lipinski definition) is 7. The van der Waals surface area contributed by atoms with Crippen molar-refractivity contribution < 1.29 is 14.7 Å². The van der Waals surface area contributed by atoms with E-state index in [2.05, 4.69) is 30.4 Å². The first-order valence-electron chi connectivity index (χ1n) is 11.6. The quantitative estimate of drug-likeness (QED) is 0.205. The Bertz CT molecular complexity index is 1190. The van der Waals surface area contributed by atoms with Gasteiger partial charge in [0.2, 0.25) is 0 Å². The zero-order chi connectivity index (χ0) is 23.9. The molecular weight excluding hydrogens is 469 g/mol. The monoisotopic (exact) mass is 497 g/mol. The molecule has 1 fully saturated rings.